The van der Waals surface area contributed by atoms with Gasteiger partial charge >= 0.3 is 0 Å². The zero-order chi connectivity index (χ0) is 33.7. The first-order chi connectivity index (χ1) is 25.3. The van der Waals surface area contributed by atoms with E-state index in [4.69, 9.17) is 4.42 Å². The molecule has 0 fully saturated rings. The third-order valence-electron chi connectivity index (χ3n) is 10.4. The van der Waals surface area contributed by atoms with Crippen molar-refractivity contribution in [2.45, 2.75) is 12.8 Å². The maximum atomic E-state index is 6.43. The lowest BCUT2D eigenvalue weighted by Crippen LogP contribution is -2.18. The highest BCUT2D eigenvalue weighted by Crippen LogP contribution is 2.43. The molecule has 9 aromatic rings. The molecule has 0 amide bonds. The highest BCUT2D eigenvalue weighted by molar-refractivity contribution is 6.14. The summed E-state index contributed by atoms with van der Waals surface area (Å²) in [6, 6.07) is 58.5. The number of aromatic amines is 1. The summed E-state index contributed by atoms with van der Waals surface area (Å²) in [5.74, 6) is 0. The third-order valence-corrected chi connectivity index (χ3v) is 10.4. The number of anilines is 2. The van der Waals surface area contributed by atoms with E-state index in [1.807, 2.05) is 6.07 Å². The molecule has 0 saturated heterocycles. The van der Waals surface area contributed by atoms with Crippen molar-refractivity contribution in [3.05, 3.63) is 187 Å². The molecule has 3 heteroatoms. The molecule has 2 aromatic heterocycles. The summed E-state index contributed by atoms with van der Waals surface area (Å²) >= 11 is 0. The van der Waals surface area contributed by atoms with Gasteiger partial charge in [-0.2, -0.15) is 0 Å². The second kappa shape index (κ2) is 12.1. The SMILES string of the molecule is C1=C(c2cccc3c2oc2ccccc23)CCC(N(c2ccc(-c3ccc(-c4ccccc4)cc3)cc2)c2cccc3[nH]c4ccccc4c23)=C1. The van der Waals surface area contributed by atoms with Crippen molar-refractivity contribution in [3.63, 3.8) is 0 Å². The number of rotatable bonds is 6. The van der Waals surface area contributed by atoms with Crippen LogP contribution in [0.15, 0.2) is 186 Å². The smallest absolute Gasteiger partial charge is 0.142 e. The average Bonchev–Trinajstić information content (AvgIpc) is 3.78. The van der Waals surface area contributed by atoms with Crippen LogP contribution in [0.3, 0.4) is 0 Å². The molecule has 1 aliphatic rings. The minimum absolute atomic E-state index is 0.893. The molecule has 0 radical (unpaired) electrons. The molecule has 1 aliphatic carbocycles. The van der Waals surface area contributed by atoms with Gasteiger partial charge in [0.15, 0.2) is 0 Å². The van der Waals surface area contributed by atoms with E-state index in [1.165, 1.54) is 60.9 Å². The van der Waals surface area contributed by atoms with Crippen molar-refractivity contribution in [3.8, 4) is 22.3 Å². The molecule has 3 nitrogen and oxygen atoms in total. The molecule has 51 heavy (non-hydrogen) atoms. The second-order valence-electron chi connectivity index (χ2n) is 13.3. The largest absolute Gasteiger partial charge is 0.455 e. The summed E-state index contributed by atoms with van der Waals surface area (Å²) < 4.78 is 6.43. The Morgan fingerprint density at radius 3 is 1.86 bits per heavy atom. The average molecular weight is 655 g/mol. The lowest BCUT2D eigenvalue weighted by Gasteiger charge is -2.31. The van der Waals surface area contributed by atoms with Gasteiger partial charge < -0.3 is 14.3 Å². The van der Waals surface area contributed by atoms with Crippen LogP contribution in [0.1, 0.15) is 18.4 Å². The van der Waals surface area contributed by atoms with Crippen LogP contribution in [0.5, 0.6) is 0 Å². The number of aromatic nitrogens is 1. The molecule has 2 heterocycles. The van der Waals surface area contributed by atoms with E-state index >= 15 is 0 Å². The van der Waals surface area contributed by atoms with Crippen LogP contribution in [0.4, 0.5) is 11.4 Å². The summed E-state index contributed by atoms with van der Waals surface area (Å²) in [5, 5.41) is 4.79. The fourth-order valence-electron chi connectivity index (χ4n) is 7.85. The Hall–Kier alpha value is -6.58. The van der Waals surface area contributed by atoms with Gasteiger partial charge in [-0.15, -0.1) is 0 Å². The normalized spacial score (nSPS) is 13.2. The fraction of sp³-hybridized carbons (Fsp3) is 0.0417. The number of hydrogen-bond acceptors (Lipinski definition) is 2. The lowest BCUT2D eigenvalue weighted by atomic mass is 9.93. The van der Waals surface area contributed by atoms with Crippen molar-refractivity contribution in [1.29, 1.82) is 0 Å². The van der Waals surface area contributed by atoms with Gasteiger partial charge in [0.2, 0.25) is 0 Å². The van der Waals surface area contributed by atoms with Gasteiger partial charge in [0.1, 0.15) is 11.2 Å². The number of nitrogens with zero attached hydrogens (tertiary/aromatic N) is 1. The Kier molecular flexibility index (Phi) is 6.95. The quantitative estimate of drug-likeness (QED) is 0.193. The molecule has 0 atom stereocenters. The molecular formula is C48H34N2O. The summed E-state index contributed by atoms with van der Waals surface area (Å²) in [6.07, 6.45) is 6.41. The molecular weight excluding hydrogens is 621 g/mol. The number of hydrogen-bond donors (Lipinski definition) is 1. The van der Waals surface area contributed by atoms with E-state index in [-0.39, 0.29) is 0 Å². The minimum atomic E-state index is 0.893. The van der Waals surface area contributed by atoms with Crippen molar-refractivity contribution in [1.82, 2.24) is 4.98 Å². The number of para-hydroxylation sites is 3. The van der Waals surface area contributed by atoms with Gasteiger partial charge in [0, 0.05) is 49.5 Å². The molecule has 242 valence electrons. The van der Waals surface area contributed by atoms with Gasteiger partial charge in [-0.1, -0.05) is 133 Å². The molecule has 7 aromatic carbocycles. The lowest BCUT2D eigenvalue weighted by molar-refractivity contribution is 0.667. The Balaban J connectivity index is 1.07. The molecule has 0 bridgehead atoms. The van der Waals surface area contributed by atoms with Crippen LogP contribution < -0.4 is 4.90 Å². The molecule has 0 spiro atoms. The molecule has 10 rings (SSSR count). The zero-order valence-electron chi connectivity index (χ0n) is 28.0. The fourth-order valence-corrected chi connectivity index (χ4v) is 7.85. The summed E-state index contributed by atoms with van der Waals surface area (Å²) in [5.41, 5.74) is 15.1. The van der Waals surface area contributed by atoms with E-state index in [0.717, 1.165) is 46.1 Å². The van der Waals surface area contributed by atoms with Crippen LogP contribution in [0.25, 0.3) is 71.6 Å². The van der Waals surface area contributed by atoms with Crippen LogP contribution in [0, 0.1) is 0 Å². The second-order valence-corrected chi connectivity index (χ2v) is 13.3. The van der Waals surface area contributed by atoms with Crippen molar-refractivity contribution in [2.75, 3.05) is 4.90 Å². The van der Waals surface area contributed by atoms with Gasteiger partial charge in [0.25, 0.3) is 0 Å². The number of fused-ring (bicyclic) bond motifs is 6. The maximum Gasteiger partial charge on any atom is 0.142 e. The van der Waals surface area contributed by atoms with Crippen LogP contribution in [-0.2, 0) is 0 Å². The Morgan fingerprint density at radius 2 is 1.10 bits per heavy atom. The van der Waals surface area contributed by atoms with Gasteiger partial charge in [-0.3, -0.25) is 0 Å². The monoisotopic (exact) mass is 654 g/mol. The summed E-state index contributed by atoms with van der Waals surface area (Å²) in [7, 11) is 0. The topological polar surface area (TPSA) is 32.2 Å². The first-order valence-electron chi connectivity index (χ1n) is 17.6. The Morgan fingerprint density at radius 1 is 0.471 bits per heavy atom. The Bertz CT molecular complexity index is 2780. The number of furan rings is 1. The predicted molar refractivity (Wildman–Crippen MR) is 214 cm³/mol. The highest BCUT2D eigenvalue weighted by atomic mass is 16.3. The van der Waals surface area contributed by atoms with E-state index < -0.39 is 0 Å². The standard InChI is InChI=1S/C48H34N2O/c1-2-10-32(11-3-1)33-20-22-34(23-21-33)35-24-28-37(29-25-35)50(45-18-9-17-44-47(45)42-13-4-6-16-43(42)49-44)38-30-26-36(27-31-38)39-14-8-15-41-40-12-5-7-19-46(40)51-48(39)41/h1-26,28-30,49H,27,31H2. The zero-order valence-corrected chi connectivity index (χ0v) is 28.0. The molecule has 0 saturated carbocycles. The molecule has 0 unspecified atom stereocenters. The van der Waals surface area contributed by atoms with Gasteiger partial charge in [0.05, 0.1) is 5.69 Å². The van der Waals surface area contributed by atoms with E-state index in [0.29, 0.717) is 0 Å². The van der Waals surface area contributed by atoms with Crippen molar-refractivity contribution >= 4 is 60.7 Å². The van der Waals surface area contributed by atoms with E-state index in [9.17, 15) is 0 Å². The number of allylic oxidation sites excluding steroid dienone is 4. The van der Waals surface area contributed by atoms with E-state index in [2.05, 4.69) is 180 Å². The van der Waals surface area contributed by atoms with Gasteiger partial charge in [-0.25, -0.2) is 0 Å². The van der Waals surface area contributed by atoms with Crippen LogP contribution in [0.2, 0.25) is 0 Å². The molecule has 1 N–H and O–H groups in total. The van der Waals surface area contributed by atoms with E-state index in [1.54, 1.807) is 0 Å². The van der Waals surface area contributed by atoms with Crippen molar-refractivity contribution < 1.29 is 4.42 Å². The maximum absolute atomic E-state index is 6.43. The predicted octanol–water partition coefficient (Wildman–Crippen LogP) is 13.5. The number of benzene rings is 7. The summed E-state index contributed by atoms with van der Waals surface area (Å²) in [6.45, 7) is 0. The first kappa shape index (κ1) is 29.3. The Labute approximate surface area is 296 Å². The van der Waals surface area contributed by atoms with Crippen LogP contribution in [-0.4, -0.2) is 4.98 Å². The van der Waals surface area contributed by atoms with Gasteiger partial charge in [-0.05, 0) is 83.1 Å². The first-order valence-corrected chi connectivity index (χ1v) is 17.6. The van der Waals surface area contributed by atoms with Crippen LogP contribution >= 0.6 is 0 Å². The summed E-state index contributed by atoms with van der Waals surface area (Å²) in [4.78, 5) is 6.12. The minimum Gasteiger partial charge on any atom is -0.455 e. The van der Waals surface area contributed by atoms with Crippen molar-refractivity contribution in [2.24, 2.45) is 0 Å². The number of H-pyrrole nitrogens is 1. The third kappa shape index (κ3) is 5.05. The molecule has 0 aliphatic heterocycles. The number of nitrogens with one attached hydrogen (secondary N) is 1. The highest BCUT2D eigenvalue weighted by Gasteiger charge is 2.23.